The Kier molecular flexibility index (Phi) is 3.81. The number of rotatable bonds is 2. The second-order valence-corrected chi connectivity index (χ2v) is 5.58. The van der Waals surface area contributed by atoms with Crippen molar-refractivity contribution in [2.75, 3.05) is 16.8 Å². The first kappa shape index (κ1) is 11.2. The lowest BCUT2D eigenvalue weighted by Crippen LogP contribution is -2.25. The number of thioether (sulfide) groups is 1. The van der Waals surface area contributed by atoms with Gasteiger partial charge >= 0.3 is 0 Å². The standard InChI is InChI=1S/C12H16ClNS/c1-9-4-5-10(7-12(9)13)14-11-3-2-6-15-8-11/h4-5,7,11,14H,2-3,6,8H2,1H3. The third kappa shape index (κ3) is 3.05. The molecule has 1 unspecified atom stereocenters. The third-order valence-electron chi connectivity index (χ3n) is 2.70. The molecule has 1 N–H and O–H groups in total. The first-order chi connectivity index (χ1) is 7.25. The number of nitrogens with one attached hydrogen (secondary N) is 1. The van der Waals surface area contributed by atoms with Crippen molar-refractivity contribution in [2.24, 2.45) is 0 Å². The smallest absolute Gasteiger partial charge is 0.0455 e. The molecule has 1 aliphatic rings. The second kappa shape index (κ2) is 5.13. The first-order valence-electron chi connectivity index (χ1n) is 5.36. The van der Waals surface area contributed by atoms with Crippen molar-refractivity contribution in [2.45, 2.75) is 25.8 Å². The highest BCUT2D eigenvalue weighted by atomic mass is 35.5. The van der Waals surface area contributed by atoms with Gasteiger partial charge in [-0.1, -0.05) is 17.7 Å². The third-order valence-corrected chi connectivity index (χ3v) is 4.33. The number of benzene rings is 1. The number of halogens is 1. The minimum absolute atomic E-state index is 0.613. The summed E-state index contributed by atoms with van der Waals surface area (Å²) in [6.07, 6.45) is 2.60. The lowest BCUT2D eigenvalue weighted by molar-refractivity contribution is 0.685. The fourth-order valence-corrected chi connectivity index (χ4v) is 3.03. The molecule has 1 heterocycles. The van der Waals surface area contributed by atoms with Crippen LogP contribution in [0.3, 0.4) is 0 Å². The normalized spacial score (nSPS) is 21.3. The van der Waals surface area contributed by atoms with Crippen molar-refractivity contribution in [3.05, 3.63) is 28.8 Å². The molecule has 0 spiro atoms. The summed E-state index contributed by atoms with van der Waals surface area (Å²) in [5, 5.41) is 4.39. The molecule has 1 nitrogen and oxygen atoms in total. The monoisotopic (exact) mass is 241 g/mol. The minimum atomic E-state index is 0.613. The van der Waals surface area contributed by atoms with Crippen LogP contribution in [0.15, 0.2) is 18.2 Å². The molecule has 1 aromatic rings. The summed E-state index contributed by atoms with van der Waals surface area (Å²) < 4.78 is 0. The topological polar surface area (TPSA) is 12.0 Å². The highest BCUT2D eigenvalue weighted by molar-refractivity contribution is 7.99. The van der Waals surface area contributed by atoms with Crippen LogP contribution >= 0.6 is 23.4 Å². The van der Waals surface area contributed by atoms with Crippen LogP contribution in [-0.4, -0.2) is 17.5 Å². The van der Waals surface area contributed by atoms with E-state index in [1.54, 1.807) is 0 Å². The quantitative estimate of drug-likeness (QED) is 0.841. The van der Waals surface area contributed by atoms with E-state index in [0.29, 0.717) is 6.04 Å². The summed E-state index contributed by atoms with van der Waals surface area (Å²) >= 11 is 8.12. The molecule has 0 aromatic heterocycles. The van der Waals surface area contributed by atoms with Crippen LogP contribution in [0, 0.1) is 6.92 Å². The highest BCUT2D eigenvalue weighted by Gasteiger charge is 2.13. The van der Waals surface area contributed by atoms with Crippen LogP contribution < -0.4 is 5.32 Å². The Balaban J connectivity index is 2.00. The van der Waals surface area contributed by atoms with Crippen LogP contribution in [0.1, 0.15) is 18.4 Å². The van der Waals surface area contributed by atoms with Gasteiger partial charge in [0, 0.05) is 22.5 Å². The Morgan fingerprint density at radius 1 is 1.47 bits per heavy atom. The van der Waals surface area contributed by atoms with Crippen LogP contribution in [0.2, 0.25) is 5.02 Å². The zero-order valence-corrected chi connectivity index (χ0v) is 10.5. The van der Waals surface area contributed by atoms with Crippen molar-refractivity contribution >= 4 is 29.1 Å². The fraction of sp³-hybridized carbons (Fsp3) is 0.500. The predicted octanol–water partition coefficient (Wildman–Crippen LogP) is 3.96. The summed E-state index contributed by atoms with van der Waals surface area (Å²) in [5.74, 6) is 2.53. The molecule has 1 aromatic carbocycles. The van der Waals surface area contributed by atoms with E-state index in [4.69, 9.17) is 11.6 Å². The number of hydrogen-bond donors (Lipinski definition) is 1. The molecule has 1 saturated heterocycles. The van der Waals surface area contributed by atoms with E-state index >= 15 is 0 Å². The van der Waals surface area contributed by atoms with Gasteiger partial charge < -0.3 is 5.32 Å². The summed E-state index contributed by atoms with van der Waals surface area (Å²) in [5.41, 5.74) is 2.29. The van der Waals surface area contributed by atoms with Crippen LogP contribution in [-0.2, 0) is 0 Å². The van der Waals surface area contributed by atoms with Gasteiger partial charge in [0.15, 0.2) is 0 Å². The second-order valence-electron chi connectivity index (χ2n) is 4.02. The Hall–Kier alpha value is -0.340. The van der Waals surface area contributed by atoms with Gasteiger partial charge in [-0.25, -0.2) is 0 Å². The van der Waals surface area contributed by atoms with Crippen molar-refractivity contribution < 1.29 is 0 Å². The zero-order valence-electron chi connectivity index (χ0n) is 8.92. The molecule has 0 amide bonds. The van der Waals surface area contributed by atoms with E-state index in [1.165, 1.54) is 24.3 Å². The maximum atomic E-state index is 6.09. The molecular formula is C12H16ClNS. The Morgan fingerprint density at radius 2 is 2.33 bits per heavy atom. The number of hydrogen-bond acceptors (Lipinski definition) is 2. The Bertz CT molecular complexity index is 334. The Labute approximate surface area is 101 Å². The maximum absolute atomic E-state index is 6.09. The van der Waals surface area contributed by atoms with Crippen molar-refractivity contribution in [1.82, 2.24) is 0 Å². The van der Waals surface area contributed by atoms with Crippen molar-refractivity contribution in [3.8, 4) is 0 Å². The molecule has 0 bridgehead atoms. The molecule has 1 fully saturated rings. The zero-order chi connectivity index (χ0) is 10.7. The molecule has 15 heavy (non-hydrogen) atoms. The summed E-state index contributed by atoms with van der Waals surface area (Å²) in [6, 6.07) is 6.82. The molecule has 0 radical (unpaired) electrons. The molecule has 2 rings (SSSR count). The van der Waals surface area contributed by atoms with Gasteiger partial charge in [0.1, 0.15) is 0 Å². The van der Waals surface area contributed by atoms with E-state index < -0.39 is 0 Å². The Morgan fingerprint density at radius 3 is 3.00 bits per heavy atom. The van der Waals surface area contributed by atoms with Crippen LogP contribution in [0.4, 0.5) is 5.69 Å². The van der Waals surface area contributed by atoms with Crippen molar-refractivity contribution in [1.29, 1.82) is 0 Å². The van der Waals surface area contributed by atoms with Crippen molar-refractivity contribution in [3.63, 3.8) is 0 Å². The number of anilines is 1. The molecule has 0 saturated carbocycles. The van der Waals surface area contributed by atoms with E-state index in [9.17, 15) is 0 Å². The van der Waals surface area contributed by atoms with Crippen LogP contribution in [0.5, 0.6) is 0 Å². The molecule has 82 valence electrons. The SMILES string of the molecule is Cc1ccc(NC2CCCSC2)cc1Cl. The summed E-state index contributed by atoms with van der Waals surface area (Å²) in [4.78, 5) is 0. The van der Waals surface area contributed by atoms with Crippen LogP contribution in [0.25, 0.3) is 0 Å². The maximum Gasteiger partial charge on any atom is 0.0455 e. The van der Waals surface area contributed by atoms with Gasteiger partial charge in [0.2, 0.25) is 0 Å². The van der Waals surface area contributed by atoms with Gasteiger partial charge in [0.25, 0.3) is 0 Å². The number of aryl methyl sites for hydroxylation is 1. The summed E-state index contributed by atoms with van der Waals surface area (Å²) in [7, 11) is 0. The van der Waals surface area contributed by atoms with E-state index in [-0.39, 0.29) is 0 Å². The van der Waals surface area contributed by atoms with E-state index in [1.807, 2.05) is 24.8 Å². The minimum Gasteiger partial charge on any atom is -0.381 e. The molecule has 1 atom stereocenters. The average Bonchev–Trinajstić information content (AvgIpc) is 2.25. The molecule has 0 aliphatic carbocycles. The lowest BCUT2D eigenvalue weighted by atomic mass is 10.1. The lowest BCUT2D eigenvalue weighted by Gasteiger charge is -2.23. The fourth-order valence-electron chi connectivity index (χ4n) is 1.77. The van der Waals surface area contributed by atoms with Gasteiger partial charge in [0.05, 0.1) is 0 Å². The van der Waals surface area contributed by atoms with Gasteiger partial charge in [-0.05, 0) is 43.2 Å². The van der Waals surface area contributed by atoms with Gasteiger partial charge in [-0.3, -0.25) is 0 Å². The van der Waals surface area contributed by atoms with Gasteiger partial charge in [-0.15, -0.1) is 0 Å². The van der Waals surface area contributed by atoms with E-state index in [0.717, 1.165) is 16.3 Å². The predicted molar refractivity (Wildman–Crippen MR) is 70.2 cm³/mol. The largest absolute Gasteiger partial charge is 0.381 e. The summed E-state index contributed by atoms with van der Waals surface area (Å²) in [6.45, 7) is 2.03. The highest BCUT2D eigenvalue weighted by Crippen LogP contribution is 2.24. The average molecular weight is 242 g/mol. The van der Waals surface area contributed by atoms with E-state index in [2.05, 4.69) is 17.4 Å². The molecule has 1 aliphatic heterocycles. The molecule has 3 heteroatoms. The first-order valence-corrected chi connectivity index (χ1v) is 6.89. The van der Waals surface area contributed by atoms with Gasteiger partial charge in [-0.2, -0.15) is 11.8 Å². The molecular weight excluding hydrogens is 226 g/mol.